The molecule has 5 rings (SSSR count). The molecule has 1 saturated heterocycles. The van der Waals surface area contributed by atoms with Crippen LogP contribution in [0.2, 0.25) is 0 Å². The number of hydrogen-bond acceptors (Lipinski definition) is 8. The number of nitrogens with zero attached hydrogens (tertiary/aromatic N) is 7. The molecule has 0 spiro atoms. The summed E-state index contributed by atoms with van der Waals surface area (Å²) in [5.41, 5.74) is 6.81. The predicted octanol–water partition coefficient (Wildman–Crippen LogP) is 2.04. The maximum atomic E-state index is 6.44. The maximum Gasteiger partial charge on any atom is 0.229 e. The second-order valence-corrected chi connectivity index (χ2v) is 7.41. The Bertz CT molecular complexity index is 910. The molecular formula is C17H23ClN8O. The Morgan fingerprint density at radius 3 is 2.70 bits per heavy atom. The zero-order chi connectivity index (χ0) is 17.6. The highest BCUT2D eigenvalue weighted by atomic mass is 35.5. The number of anilines is 1. The fourth-order valence-electron chi connectivity index (χ4n) is 4.08. The lowest BCUT2D eigenvalue weighted by Gasteiger charge is -2.31. The molecule has 144 valence electrons. The van der Waals surface area contributed by atoms with Gasteiger partial charge in [-0.1, -0.05) is 18.0 Å². The van der Waals surface area contributed by atoms with E-state index in [0.717, 1.165) is 69.0 Å². The Morgan fingerprint density at radius 1 is 1.15 bits per heavy atom. The van der Waals surface area contributed by atoms with Crippen molar-refractivity contribution in [1.82, 2.24) is 30.0 Å². The summed E-state index contributed by atoms with van der Waals surface area (Å²) in [5.74, 6) is 2.65. The summed E-state index contributed by atoms with van der Waals surface area (Å²) in [7, 11) is 0. The van der Waals surface area contributed by atoms with E-state index < -0.39 is 0 Å². The van der Waals surface area contributed by atoms with Gasteiger partial charge in [-0.2, -0.15) is 9.50 Å². The minimum absolute atomic E-state index is 0. The van der Waals surface area contributed by atoms with Gasteiger partial charge in [-0.15, -0.1) is 27.7 Å². The first kappa shape index (κ1) is 18.1. The van der Waals surface area contributed by atoms with Crippen LogP contribution in [0.3, 0.4) is 0 Å². The molecule has 0 radical (unpaired) electrons. The van der Waals surface area contributed by atoms with Crippen molar-refractivity contribution in [3.8, 4) is 0 Å². The lowest BCUT2D eigenvalue weighted by atomic mass is 9.96. The molecule has 0 bridgehead atoms. The minimum atomic E-state index is -0.388. The van der Waals surface area contributed by atoms with Crippen LogP contribution in [0.4, 0.5) is 5.82 Å². The number of halogens is 1. The van der Waals surface area contributed by atoms with Crippen molar-refractivity contribution < 1.29 is 4.52 Å². The van der Waals surface area contributed by atoms with Crippen LogP contribution in [-0.2, 0) is 5.54 Å². The zero-order valence-corrected chi connectivity index (χ0v) is 15.8. The molecule has 2 fully saturated rings. The molecular weight excluding hydrogens is 368 g/mol. The first-order chi connectivity index (χ1) is 12.7. The van der Waals surface area contributed by atoms with Crippen LogP contribution in [0, 0.1) is 0 Å². The van der Waals surface area contributed by atoms with Gasteiger partial charge in [-0.05, 0) is 37.8 Å². The lowest BCUT2D eigenvalue weighted by Crippen LogP contribution is -2.35. The Balaban J connectivity index is 0.00000180. The normalized spacial score (nSPS) is 20.1. The van der Waals surface area contributed by atoms with E-state index in [9.17, 15) is 0 Å². The van der Waals surface area contributed by atoms with Gasteiger partial charge in [0.05, 0.1) is 5.54 Å². The van der Waals surface area contributed by atoms with Gasteiger partial charge in [0.15, 0.2) is 11.5 Å². The highest BCUT2D eigenvalue weighted by molar-refractivity contribution is 5.85. The largest absolute Gasteiger partial charge is 0.355 e. The molecule has 9 nitrogen and oxygen atoms in total. The predicted molar refractivity (Wildman–Crippen MR) is 101 cm³/mol. The summed E-state index contributed by atoms with van der Waals surface area (Å²) in [4.78, 5) is 6.93. The quantitative estimate of drug-likeness (QED) is 0.723. The Morgan fingerprint density at radius 2 is 1.93 bits per heavy atom. The van der Waals surface area contributed by atoms with E-state index in [4.69, 9.17) is 10.3 Å². The Labute approximate surface area is 162 Å². The molecule has 0 atom stereocenters. The van der Waals surface area contributed by atoms with Crippen molar-refractivity contribution in [1.29, 1.82) is 0 Å². The van der Waals surface area contributed by atoms with Crippen molar-refractivity contribution in [2.45, 2.75) is 50.0 Å². The van der Waals surface area contributed by atoms with Gasteiger partial charge < -0.3 is 15.2 Å². The number of nitrogens with two attached hydrogens (primary N) is 1. The average molecular weight is 391 g/mol. The summed E-state index contributed by atoms with van der Waals surface area (Å²) in [6.07, 6.45) is 7.72. The Kier molecular flexibility index (Phi) is 4.73. The highest BCUT2D eigenvalue weighted by Gasteiger charge is 2.37. The first-order valence-corrected chi connectivity index (χ1v) is 9.26. The van der Waals surface area contributed by atoms with Gasteiger partial charge in [-0.3, -0.25) is 0 Å². The topological polar surface area (TPSA) is 111 Å². The number of aromatic nitrogens is 6. The van der Waals surface area contributed by atoms with E-state index in [1.54, 1.807) is 10.8 Å². The lowest BCUT2D eigenvalue weighted by molar-refractivity contribution is 0.317. The van der Waals surface area contributed by atoms with Crippen LogP contribution in [0.25, 0.3) is 5.65 Å². The van der Waals surface area contributed by atoms with Gasteiger partial charge in [0.25, 0.3) is 0 Å². The molecule has 3 aromatic heterocycles. The van der Waals surface area contributed by atoms with Crippen molar-refractivity contribution in [2.24, 2.45) is 5.73 Å². The molecule has 2 N–H and O–H groups in total. The molecule has 3 aromatic rings. The molecule has 0 aromatic carbocycles. The third kappa shape index (κ3) is 3.25. The van der Waals surface area contributed by atoms with Gasteiger partial charge in [-0.25, -0.2) is 0 Å². The molecule has 0 unspecified atom stereocenters. The number of rotatable bonds is 3. The fraction of sp³-hybridized carbons (Fsp3) is 0.588. The molecule has 2 aliphatic rings. The number of hydrogen-bond donors (Lipinski definition) is 1. The summed E-state index contributed by atoms with van der Waals surface area (Å²) >= 11 is 0. The van der Waals surface area contributed by atoms with Gasteiger partial charge in [0.1, 0.15) is 12.1 Å². The van der Waals surface area contributed by atoms with Gasteiger partial charge >= 0.3 is 0 Å². The zero-order valence-electron chi connectivity index (χ0n) is 15.0. The molecule has 10 heteroatoms. The second kappa shape index (κ2) is 7.05. The van der Waals surface area contributed by atoms with Crippen LogP contribution in [0.1, 0.15) is 56.2 Å². The van der Waals surface area contributed by atoms with Crippen molar-refractivity contribution in [3.05, 3.63) is 30.2 Å². The molecule has 1 aliphatic carbocycles. The average Bonchev–Trinajstić information content (AvgIpc) is 3.42. The summed E-state index contributed by atoms with van der Waals surface area (Å²) < 4.78 is 7.28. The monoisotopic (exact) mass is 390 g/mol. The number of fused-ring (bicyclic) bond motifs is 1. The van der Waals surface area contributed by atoms with Gasteiger partial charge in [0, 0.05) is 19.0 Å². The van der Waals surface area contributed by atoms with Crippen LogP contribution in [0.15, 0.2) is 23.0 Å². The van der Waals surface area contributed by atoms with Crippen molar-refractivity contribution in [2.75, 3.05) is 18.0 Å². The van der Waals surface area contributed by atoms with Gasteiger partial charge in [0.2, 0.25) is 5.89 Å². The highest BCUT2D eigenvalue weighted by Crippen LogP contribution is 2.36. The van der Waals surface area contributed by atoms with E-state index >= 15 is 0 Å². The van der Waals surface area contributed by atoms with Crippen LogP contribution < -0.4 is 10.6 Å². The van der Waals surface area contributed by atoms with Crippen LogP contribution >= 0.6 is 12.4 Å². The minimum Gasteiger partial charge on any atom is -0.355 e. The van der Waals surface area contributed by atoms with Crippen LogP contribution in [-0.4, -0.2) is 43.0 Å². The molecule has 1 saturated carbocycles. The molecule has 27 heavy (non-hydrogen) atoms. The smallest absolute Gasteiger partial charge is 0.229 e. The van der Waals surface area contributed by atoms with E-state index in [0.29, 0.717) is 5.82 Å². The maximum absolute atomic E-state index is 6.44. The fourth-order valence-corrected chi connectivity index (χ4v) is 4.08. The molecule has 1 aliphatic heterocycles. The second-order valence-electron chi connectivity index (χ2n) is 7.41. The number of piperidine rings is 1. The van der Waals surface area contributed by atoms with E-state index in [1.807, 2.05) is 12.1 Å². The van der Waals surface area contributed by atoms with Crippen molar-refractivity contribution >= 4 is 23.9 Å². The molecule has 4 heterocycles. The first-order valence-electron chi connectivity index (χ1n) is 9.26. The standard InChI is InChI=1S/C17H22N8O.ClH/c18-17(7-1-2-8-17)16-20-15(26-23-16)12-5-9-24(10-6-12)14-4-3-13-21-19-11-25(13)22-14;/h3-4,11-12H,1-2,5-10,18H2;1H. The molecule has 0 amide bonds. The summed E-state index contributed by atoms with van der Waals surface area (Å²) in [6, 6.07) is 3.93. The van der Waals surface area contributed by atoms with Crippen molar-refractivity contribution in [3.63, 3.8) is 0 Å². The third-order valence-electron chi connectivity index (χ3n) is 5.70. The van der Waals surface area contributed by atoms with E-state index in [2.05, 4.69) is 30.3 Å². The third-order valence-corrected chi connectivity index (χ3v) is 5.70. The Hall–Kier alpha value is -2.26. The van der Waals surface area contributed by atoms with E-state index in [-0.39, 0.29) is 23.9 Å². The summed E-state index contributed by atoms with van der Waals surface area (Å²) in [6.45, 7) is 1.80. The summed E-state index contributed by atoms with van der Waals surface area (Å²) in [5, 5.41) is 16.6. The van der Waals surface area contributed by atoms with Crippen LogP contribution in [0.5, 0.6) is 0 Å². The SMILES string of the molecule is Cl.NC1(c2noc(C3CCN(c4ccc5nncn5n4)CC3)n2)CCCC1. The van der Waals surface area contributed by atoms with E-state index in [1.165, 1.54) is 0 Å².